The van der Waals surface area contributed by atoms with Gasteiger partial charge in [0.2, 0.25) is 0 Å². The molecule has 1 fully saturated rings. The van der Waals surface area contributed by atoms with Gasteiger partial charge in [0.05, 0.1) is 17.2 Å². The number of benzene rings is 1. The summed E-state index contributed by atoms with van der Waals surface area (Å²) in [5, 5.41) is 2.96. The zero-order chi connectivity index (χ0) is 12.5. The monoisotopic (exact) mass is 321 g/mol. The first-order chi connectivity index (χ1) is 7.96. The van der Waals surface area contributed by atoms with Crippen molar-refractivity contribution in [3.05, 3.63) is 28.5 Å². The highest BCUT2D eigenvalue weighted by atomic mass is 79.9. The molecule has 3 nitrogen and oxygen atoms in total. The molecule has 1 saturated heterocycles. The maximum atomic E-state index is 13.5. The summed E-state index contributed by atoms with van der Waals surface area (Å²) < 4.78 is 37.2. The Balaban J connectivity index is 2.13. The Bertz CT molecular complexity index is 518. The molecule has 0 bridgehead atoms. The van der Waals surface area contributed by atoms with E-state index in [0.29, 0.717) is 12.1 Å². The van der Waals surface area contributed by atoms with E-state index in [1.54, 1.807) is 12.1 Å². The van der Waals surface area contributed by atoms with Gasteiger partial charge in [-0.1, -0.05) is 15.9 Å². The van der Waals surface area contributed by atoms with Crippen LogP contribution in [-0.2, 0) is 9.84 Å². The molecule has 1 aliphatic heterocycles. The molecule has 0 amide bonds. The van der Waals surface area contributed by atoms with Crippen LogP contribution >= 0.6 is 15.9 Å². The molecule has 0 aliphatic carbocycles. The molecule has 1 N–H and O–H groups in total. The lowest BCUT2D eigenvalue weighted by Crippen LogP contribution is -2.35. The number of hydrogen-bond acceptors (Lipinski definition) is 3. The minimum absolute atomic E-state index is 0.0823. The molecule has 1 unspecified atom stereocenters. The van der Waals surface area contributed by atoms with E-state index in [2.05, 4.69) is 21.2 Å². The molecule has 0 saturated carbocycles. The average Bonchev–Trinajstić information content (AvgIpc) is 2.22. The topological polar surface area (TPSA) is 46.2 Å². The molecule has 6 heteroatoms. The summed E-state index contributed by atoms with van der Waals surface area (Å²) in [5.41, 5.74) is 0.349. The minimum atomic E-state index is -2.97. The second-order valence-electron chi connectivity index (χ2n) is 4.22. The van der Waals surface area contributed by atoms with Gasteiger partial charge in [-0.15, -0.1) is 0 Å². The average molecular weight is 322 g/mol. The summed E-state index contributed by atoms with van der Waals surface area (Å²) >= 11 is 3.26. The summed E-state index contributed by atoms with van der Waals surface area (Å²) in [7, 11) is -2.97. The maximum Gasteiger partial charge on any atom is 0.152 e. The summed E-state index contributed by atoms with van der Waals surface area (Å²) in [4.78, 5) is 0. The molecule has 94 valence electrons. The normalized spacial score (nSPS) is 23.3. The van der Waals surface area contributed by atoms with E-state index in [-0.39, 0.29) is 23.4 Å². The summed E-state index contributed by atoms with van der Waals surface area (Å²) in [6.45, 7) is 0. The number of sulfone groups is 1. The molecular formula is C11H13BrFNO2S. The van der Waals surface area contributed by atoms with Crippen LogP contribution in [0.25, 0.3) is 0 Å². The van der Waals surface area contributed by atoms with Gasteiger partial charge in [-0.3, -0.25) is 0 Å². The van der Waals surface area contributed by atoms with Crippen LogP contribution in [0.4, 0.5) is 10.1 Å². The van der Waals surface area contributed by atoms with Crippen molar-refractivity contribution in [2.75, 3.05) is 16.8 Å². The van der Waals surface area contributed by atoms with E-state index in [1.165, 1.54) is 6.07 Å². The van der Waals surface area contributed by atoms with Gasteiger partial charge in [0.1, 0.15) is 5.82 Å². The van der Waals surface area contributed by atoms with Gasteiger partial charge >= 0.3 is 0 Å². The minimum Gasteiger partial charge on any atom is -0.379 e. The van der Waals surface area contributed by atoms with E-state index < -0.39 is 9.84 Å². The molecule has 1 heterocycles. The predicted molar refractivity (Wildman–Crippen MR) is 69.4 cm³/mol. The fourth-order valence-electron chi connectivity index (χ4n) is 1.96. The molecule has 1 aliphatic rings. The van der Waals surface area contributed by atoms with Gasteiger partial charge < -0.3 is 5.32 Å². The number of hydrogen-bond donors (Lipinski definition) is 1. The van der Waals surface area contributed by atoms with Crippen molar-refractivity contribution < 1.29 is 12.8 Å². The Kier molecular flexibility index (Phi) is 3.73. The zero-order valence-electron chi connectivity index (χ0n) is 9.12. The second-order valence-corrected chi connectivity index (χ2v) is 7.37. The lowest BCUT2D eigenvalue weighted by atomic mass is 10.1. The van der Waals surface area contributed by atoms with Gasteiger partial charge in [0.25, 0.3) is 0 Å². The Morgan fingerprint density at radius 3 is 2.88 bits per heavy atom. The van der Waals surface area contributed by atoms with Crippen molar-refractivity contribution in [1.29, 1.82) is 0 Å². The first kappa shape index (κ1) is 12.8. The maximum absolute atomic E-state index is 13.5. The molecule has 17 heavy (non-hydrogen) atoms. The molecule has 2 rings (SSSR count). The summed E-state index contributed by atoms with van der Waals surface area (Å²) in [5.74, 6) is -0.0402. The molecule has 0 radical (unpaired) electrons. The van der Waals surface area contributed by atoms with Crippen molar-refractivity contribution in [3.63, 3.8) is 0 Å². The van der Waals surface area contributed by atoms with Gasteiger partial charge in [-0.25, -0.2) is 12.8 Å². The van der Waals surface area contributed by atoms with Crippen LogP contribution in [0.1, 0.15) is 12.8 Å². The highest BCUT2D eigenvalue weighted by Gasteiger charge is 2.25. The summed E-state index contributed by atoms with van der Waals surface area (Å²) in [6.07, 6.45) is 1.39. The van der Waals surface area contributed by atoms with E-state index in [4.69, 9.17) is 0 Å². The van der Waals surface area contributed by atoms with Crippen LogP contribution in [0.15, 0.2) is 22.7 Å². The van der Waals surface area contributed by atoms with Gasteiger partial charge in [-0.2, -0.15) is 0 Å². The van der Waals surface area contributed by atoms with Crippen LogP contribution in [0.5, 0.6) is 0 Å². The van der Waals surface area contributed by atoms with Crippen LogP contribution in [0.3, 0.4) is 0 Å². The fraction of sp³-hybridized carbons (Fsp3) is 0.455. The lowest BCUT2D eigenvalue weighted by molar-refractivity contribution is 0.559. The largest absolute Gasteiger partial charge is 0.379 e. The standard InChI is InChI=1S/C11H13BrFNO2S/c12-8-3-4-10(13)11(6-8)14-9-2-1-5-17(15,16)7-9/h3-4,6,9,14H,1-2,5,7H2. The van der Waals surface area contributed by atoms with Gasteiger partial charge in [0, 0.05) is 10.5 Å². The highest BCUT2D eigenvalue weighted by Crippen LogP contribution is 2.23. The number of nitrogens with one attached hydrogen (secondary N) is 1. The number of anilines is 1. The predicted octanol–water partition coefficient (Wildman–Crippen LogP) is 2.58. The zero-order valence-corrected chi connectivity index (χ0v) is 11.5. The number of halogens is 2. The third-order valence-electron chi connectivity index (χ3n) is 2.75. The second kappa shape index (κ2) is 4.94. The van der Waals surface area contributed by atoms with Gasteiger partial charge in [-0.05, 0) is 31.0 Å². The molecular weight excluding hydrogens is 309 g/mol. The van der Waals surface area contributed by atoms with E-state index in [9.17, 15) is 12.8 Å². The van der Waals surface area contributed by atoms with Crippen LogP contribution in [-0.4, -0.2) is 26.0 Å². The van der Waals surface area contributed by atoms with Crippen molar-refractivity contribution in [1.82, 2.24) is 0 Å². The Labute approximate surface area is 108 Å². The van der Waals surface area contributed by atoms with E-state index in [0.717, 1.165) is 10.9 Å². The quantitative estimate of drug-likeness (QED) is 0.910. The fourth-order valence-corrected chi connectivity index (χ4v) is 3.96. The van der Waals surface area contributed by atoms with Crippen molar-refractivity contribution in [2.24, 2.45) is 0 Å². The van der Waals surface area contributed by atoms with E-state index in [1.807, 2.05) is 0 Å². The van der Waals surface area contributed by atoms with Gasteiger partial charge in [0.15, 0.2) is 9.84 Å². The van der Waals surface area contributed by atoms with E-state index >= 15 is 0 Å². The first-order valence-corrected chi connectivity index (χ1v) is 8.00. The Morgan fingerprint density at radius 2 is 2.18 bits per heavy atom. The number of rotatable bonds is 2. The SMILES string of the molecule is O=S1(=O)CCCC(Nc2cc(Br)ccc2F)C1. The third kappa shape index (κ3) is 3.42. The molecule has 1 aromatic rings. The molecule has 1 atom stereocenters. The molecule has 1 aromatic carbocycles. The van der Waals surface area contributed by atoms with Crippen molar-refractivity contribution in [2.45, 2.75) is 18.9 Å². The third-order valence-corrected chi connectivity index (χ3v) is 5.07. The Morgan fingerprint density at radius 1 is 1.41 bits per heavy atom. The van der Waals surface area contributed by atoms with Crippen LogP contribution in [0.2, 0.25) is 0 Å². The first-order valence-electron chi connectivity index (χ1n) is 5.38. The van der Waals surface area contributed by atoms with Crippen molar-refractivity contribution in [3.8, 4) is 0 Å². The molecule has 0 spiro atoms. The Hall–Kier alpha value is -0.620. The van der Waals surface area contributed by atoms with Crippen molar-refractivity contribution >= 4 is 31.5 Å². The lowest BCUT2D eigenvalue weighted by Gasteiger charge is -2.24. The summed E-state index contributed by atoms with van der Waals surface area (Å²) in [6, 6.07) is 4.39. The smallest absolute Gasteiger partial charge is 0.152 e. The van der Waals surface area contributed by atoms with Crippen LogP contribution < -0.4 is 5.32 Å². The highest BCUT2D eigenvalue weighted by molar-refractivity contribution is 9.10. The molecule has 0 aromatic heterocycles. The van der Waals surface area contributed by atoms with Crippen LogP contribution in [0, 0.1) is 5.82 Å².